The van der Waals surface area contributed by atoms with Gasteiger partial charge in [-0.15, -0.1) is 0 Å². The maximum Gasteiger partial charge on any atom is 0.264 e. The van der Waals surface area contributed by atoms with E-state index in [1.165, 1.54) is 11.1 Å². The van der Waals surface area contributed by atoms with Crippen molar-refractivity contribution in [2.45, 2.75) is 87.9 Å². The van der Waals surface area contributed by atoms with Gasteiger partial charge < -0.3 is 19.6 Å². The summed E-state index contributed by atoms with van der Waals surface area (Å²) in [5.41, 5.74) is 1.95. The maximum absolute atomic E-state index is 13.5. The Morgan fingerprint density at radius 3 is 2.56 bits per heavy atom. The Kier molecular flexibility index (Phi) is 8.77. The van der Waals surface area contributed by atoms with Crippen LogP contribution in [-0.4, -0.2) is 74.4 Å². The van der Waals surface area contributed by atoms with Gasteiger partial charge in [0.05, 0.1) is 29.1 Å². The van der Waals surface area contributed by atoms with Crippen molar-refractivity contribution in [2.75, 3.05) is 38.2 Å². The largest absolute Gasteiger partial charge is 0.490 e. The first-order valence-electron chi connectivity index (χ1n) is 17.7. The topological polar surface area (TPSA) is 116 Å². The average molecular weight is 698 g/mol. The Hall–Kier alpha value is -2.82. The van der Waals surface area contributed by atoms with Gasteiger partial charge in [0.25, 0.3) is 5.91 Å². The van der Waals surface area contributed by atoms with Crippen LogP contribution in [0.2, 0.25) is 5.02 Å². The third-order valence-corrected chi connectivity index (χ3v) is 14.8. The van der Waals surface area contributed by atoms with Gasteiger partial charge in [0.2, 0.25) is 15.9 Å². The average Bonchev–Trinajstić information content (AvgIpc) is 3.29. The molecule has 1 spiro atoms. The lowest BCUT2D eigenvalue weighted by Gasteiger charge is -2.52. The number of aliphatic hydroxyl groups is 1. The van der Waals surface area contributed by atoms with E-state index in [-0.39, 0.29) is 34.6 Å². The third kappa shape index (κ3) is 5.79. The second-order valence-electron chi connectivity index (χ2n) is 15.4. The lowest BCUT2D eigenvalue weighted by Crippen LogP contribution is -2.57. The van der Waals surface area contributed by atoms with E-state index in [1.54, 1.807) is 30.0 Å². The molecule has 0 aromatic heterocycles. The molecule has 2 N–H and O–H groups in total. The van der Waals surface area contributed by atoms with Crippen LogP contribution in [0.1, 0.15) is 86.7 Å². The Morgan fingerprint density at radius 1 is 1.02 bits per heavy atom. The number of anilines is 1. The highest BCUT2D eigenvalue weighted by Gasteiger charge is 2.55. The fraction of sp³-hybridized carbons (Fsp3) is 0.622. The number of hydrogen-bond donors (Lipinski definition) is 2. The molecule has 3 heterocycles. The van der Waals surface area contributed by atoms with E-state index in [2.05, 4.69) is 21.8 Å². The van der Waals surface area contributed by atoms with Crippen molar-refractivity contribution in [1.29, 1.82) is 0 Å². The number of fused-ring (bicyclic) bond motifs is 4. The number of ether oxygens (including phenoxy) is 1. The van der Waals surface area contributed by atoms with E-state index in [4.69, 9.17) is 16.3 Å². The third-order valence-electron chi connectivity index (χ3n) is 12.6. The molecule has 48 heavy (non-hydrogen) atoms. The van der Waals surface area contributed by atoms with Crippen LogP contribution in [0.25, 0.3) is 0 Å². The number of benzene rings is 2. The van der Waals surface area contributed by atoms with Gasteiger partial charge >= 0.3 is 0 Å². The predicted molar refractivity (Wildman–Crippen MR) is 186 cm³/mol. The van der Waals surface area contributed by atoms with Crippen molar-refractivity contribution in [1.82, 2.24) is 9.62 Å². The minimum atomic E-state index is -3.98. The predicted octanol–water partition coefficient (Wildman–Crippen LogP) is 5.32. The van der Waals surface area contributed by atoms with Gasteiger partial charge in [-0.05, 0) is 118 Å². The summed E-state index contributed by atoms with van der Waals surface area (Å²) in [6, 6.07) is 11.3. The number of carbonyl (C=O) groups excluding carboxylic acids is 2. The van der Waals surface area contributed by atoms with Crippen LogP contribution in [-0.2, 0) is 26.7 Å². The van der Waals surface area contributed by atoms with Crippen molar-refractivity contribution in [3.05, 3.63) is 58.1 Å². The number of nitrogens with zero attached hydrogens (tertiary/aromatic N) is 2. The maximum atomic E-state index is 13.5. The Balaban J connectivity index is 1.32. The first kappa shape index (κ1) is 33.7. The van der Waals surface area contributed by atoms with Crippen molar-refractivity contribution < 1.29 is 27.9 Å². The van der Waals surface area contributed by atoms with Crippen LogP contribution in [0.3, 0.4) is 0 Å². The highest BCUT2D eigenvalue weighted by Crippen LogP contribution is 2.52. The molecule has 0 radical (unpaired) electrons. The Labute approximate surface area is 289 Å². The van der Waals surface area contributed by atoms with E-state index in [0.29, 0.717) is 62.7 Å². The normalized spacial score (nSPS) is 35.1. The number of nitrogens with one attached hydrogen (secondary N) is 1. The number of sulfonamides is 1. The molecule has 2 aromatic carbocycles. The summed E-state index contributed by atoms with van der Waals surface area (Å²) >= 11 is 6.44. The standard InChI is InChI=1S/C37H48ClN3O6S/c1-23-6-4-16-37(44,31-14-17-40(3)35(31)43)30-11-8-27(30)20-41-21-36(15-5-7-25-18-28(38)10-12-29(25)36)22-47-33-13-9-26(19-32(33)41)34(42)39-48(45,46)24(23)2/h9-10,12-13,18-19,23-24,27,30-31,44H,4-8,11,14-17,20-22H2,1-3H3,(H,39,42)/t23-,24+,27-,30+,31+,36-,37-/m0/s1. The zero-order valence-corrected chi connectivity index (χ0v) is 29.8. The molecule has 1 saturated carbocycles. The van der Waals surface area contributed by atoms with Crippen LogP contribution >= 0.6 is 11.6 Å². The molecule has 5 aliphatic rings. The molecule has 9 nitrogen and oxygen atoms in total. The molecule has 7 atom stereocenters. The van der Waals surface area contributed by atoms with Gasteiger partial charge in [-0.1, -0.05) is 31.0 Å². The fourth-order valence-electron chi connectivity index (χ4n) is 9.42. The smallest absolute Gasteiger partial charge is 0.264 e. The minimum Gasteiger partial charge on any atom is -0.490 e. The van der Waals surface area contributed by atoms with Crippen molar-refractivity contribution in [2.24, 2.45) is 23.7 Å². The van der Waals surface area contributed by atoms with Gasteiger partial charge in [-0.3, -0.25) is 9.59 Å². The number of aryl methyl sites for hydroxylation is 1. The number of amides is 2. The van der Waals surface area contributed by atoms with E-state index in [9.17, 15) is 23.1 Å². The second kappa shape index (κ2) is 12.5. The number of likely N-dealkylation sites (tertiary alicyclic amines) is 1. The summed E-state index contributed by atoms with van der Waals surface area (Å²) in [7, 11) is -2.18. The molecule has 3 aliphatic heterocycles. The van der Waals surface area contributed by atoms with E-state index in [1.807, 2.05) is 20.0 Å². The van der Waals surface area contributed by atoms with Crippen LogP contribution in [0.5, 0.6) is 5.75 Å². The summed E-state index contributed by atoms with van der Waals surface area (Å²) in [6.07, 6.45) is 6.83. The molecular weight excluding hydrogens is 650 g/mol. The molecule has 2 bridgehead atoms. The summed E-state index contributed by atoms with van der Waals surface area (Å²) < 4.78 is 35.9. The van der Waals surface area contributed by atoms with Gasteiger partial charge in [-0.2, -0.15) is 0 Å². The molecule has 0 unspecified atom stereocenters. The first-order valence-corrected chi connectivity index (χ1v) is 19.6. The Bertz CT molecular complexity index is 1720. The van der Waals surface area contributed by atoms with Gasteiger partial charge in [-0.25, -0.2) is 13.1 Å². The van der Waals surface area contributed by atoms with E-state index < -0.39 is 32.7 Å². The van der Waals surface area contributed by atoms with Gasteiger partial charge in [0.1, 0.15) is 5.75 Å². The molecule has 2 fully saturated rings. The lowest BCUT2D eigenvalue weighted by molar-refractivity contribution is -0.154. The van der Waals surface area contributed by atoms with Crippen LogP contribution in [0, 0.1) is 23.7 Å². The molecule has 260 valence electrons. The van der Waals surface area contributed by atoms with Crippen LogP contribution in [0.15, 0.2) is 36.4 Å². The van der Waals surface area contributed by atoms with Crippen molar-refractivity contribution >= 4 is 39.1 Å². The summed E-state index contributed by atoms with van der Waals surface area (Å²) in [4.78, 5) is 31.0. The highest BCUT2D eigenvalue weighted by atomic mass is 35.5. The van der Waals surface area contributed by atoms with Gasteiger partial charge in [0.15, 0.2) is 0 Å². The minimum absolute atomic E-state index is 0.00107. The molecule has 2 aromatic rings. The zero-order valence-electron chi connectivity index (χ0n) is 28.2. The molecule has 11 heteroatoms. The zero-order chi connectivity index (χ0) is 34.0. The highest BCUT2D eigenvalue weighted by molar-refractivity contribution is 7.90. The molecule has 7 rings (SSSR count). The lowest BCUT2D eigenvalue weighted by atomic mass is 9.59. The fourth-order valence-corrected chi connectivity index (χ4v) is 10.9. The Morgan fingerprint density at radius 2 is 1.83 bits per heavy atom. The SMILES string of the molecule is C[C@@H]1[C@@H](C)CCC[C@@](O)([C@@H]2CCN(C)C2=O)[C@@H]2CC[C@H]2CN2C[C@@]3(CCCc4cc(Cl)ccc43)COc3ccc(cc32)C(=O)NS1(=O)=O. The molecule has 1 saturated heterocycles. The van der Waals surface area contributed by atoms with Crippen LogP contribution < -0.4 is 14.4 Å². The first-order chi connectivity index (χ1) is 22.8. The number of rotatable bonds is 1. The quantitative estimate of drug-likeness (QED) is 0.415. The van der Waals surface area contributed by atoms with E-state index >= 15 is 0 Å². The number of carbonyl (C=O) groups is 2. The summed E-state index contributed by atoms with van der Waals surface area (Å²) in [6.45, 7) is 5.86. The molecular formula is C37H48ClN3O6S. The van der Waals surface area contributed by atoms with Crippen molar-refractivity contribution in [3.63, 3.8) is 0 Å². The monoisotopic (exact) mass is 697 g/mol. The molecule has 2 amide bonds. The number of halogens is 1. The van der Waals surface area contributed by atoms with Gasteiger partial charge in [0, 0.05) is 42.7 Å². The summed E-state index contributed by atoms with van der Waals surface area (Å²) in [5.74, 6) is -0.681. The van der Waals surface area contributed by atoms with Crippen LogP contribution in [0.4, 0.5) is 5.69 Å². The van der Waals surface area contributed by atoms with E-state index in [0.717, 1.165) is 37.8 Å². The number of hydrogen-bond acceptors (Lipinski definition) is 7. The molecule has 2 aliphatic carbocycles. The summed E-state index contributed by atoms with van der Waals surface area (Å²) in [5, 5.41) is 12.6. The van der Waals surface area contributed by atoms with Crippen molar-refractivity contribution in [3.8, 4) is 5.75 Å². The second-order valence-corrected chi connectivity index (χ2v) is 17.8.